The Morgan fingerprint density at radius 3 is 2.28 bits per heavy atom. The maximum absolute atomic E-state index is 12.0. The molecule has 0 fully saturated rings. The van der Waals surface area contributed by atoms with Crippen molar-refractivity contribution in [1.82, 2.24) is 0 Å². The summed E-state index contributed by atoms with van der Waals surface area (Å²) < 4.78 is 5.14. The van der Waals surface area contributed by atoms with Crippen LogP contribution in [0.25, 0.3) is 0 Å². The van der Waals surface area contributed by atoms with E-state index in [0.717, 1.165) is 11.3 Å². The summed E-state index contributed by atoms with van der Waals surface area (Å²) in [5.41, 5.74) is 0.981. The van der Waals surface area contributed by atoms with Crippen LogP contribution in [-0.4, -0.2) is 18.7 Å². The Bertz CT molecular complexity index is 467. The average Bonchev–Trinajstić information content (AvgIpc) is 2.27. The van der Waals surface area contributed by atoms with Gasteiger partial charge in [-0.3, -0.25) is 9.59 Å². The highest BCUT2D eigenvalue weighted by Crippen LogP contribution is 2.22. The molecule has 0 N–H and O–H groups in total. The third kappa shape index (κ3) is 3.42. The molecule has 0 aliphatic heterocycles. The van der Waals surface area contributed by atoms with Crippen molar-refractivity contribution in [3.8, 4) is 5.75 Å². The van der Waals surface area contributed by atoms with Gasteiger partial charge in [0.25, 0.3) is 0 Å². The first-order valence-electron chi connectivity index (χ1n) is 5.97. The summed E-state index contributed by atoms with van der Waals surface area (Å²) >= 11 is 0. The Labute approximate surface area is 108 Å². The van der Waals surface area contributed by atoms with Crippen molar-refractivity contribution in [2.75, 3.05) is 7.11 Å². The van der Waals surface area contributed by atoms with Gasteiger partial charge in [-0.1, -0.05) is 20.8 Å². The minimum atomic E-state index is -0.475. The summed E-state index contributed by atoms with van der Waals surface area (Å²) in [6.07, 6.45) is -0.0464. The van der Waals surface area contributed by atoms with Gasteiger partial charge >= 0.3 is 0 Å². The fourth-order valence-electron chi connectivity index (χ4n) is 1.56. The smallest absolute Gasteiger partial charge is 0.170 e. The highest BCUT2D eigenvalue weighted by Gasteiger charge is 2.24. The molecule has 18 heavy (non-hydrogen) atoms. The molecule has 0 atom stereocenters. The summed E-state index contributed by atoms with van der Waals surface area (Å²) in [4.78, 5) is 23.8. The quantitative estimate of drug-likeness (QED) is 0.607. The van der Waals surface area contributed by atoms with Crippen LogP contribution >= 0.6 is 0 Å². The molecule has 1 rings (SSSR count). The van der Waals surface area contributed by atoms with Crippen LogP contribution in [0.2, 0.25) is 0 Å². The fourth-order valence-corrected chi connectivity index (χ4v) is 1.56. The number of carbonyl (C=O) groups is 2. The summed E-state index contributed by atoms with van der Waals surface area (Å²) in [6.45, 7) is 7.34. The van der Waals surface area contributed by atoms with Crippen molar-refractivity contribution in [1.29, 1.82) is 0 Å². The molecule has 0 aliphatic rings. The summed E-state index contributed by atoms with van der Waals surface area (Å²) in [6, 6.07) is 5.21. The number of rotatable bonds is 4. The minimum Gasteiger partial charge on any atom is -0.496 e. The number of hydrogen-bond donors (Lipinski definition) is 0. The number of hydrogen-bond acceptors (Lipinski definition) is 3. The van der Waals surface area contributed by atoms with E-state index in [2.05, 4.69) is 0 Å². The highest BCUT2D eigenvalue weighted by atomic mass is 16.5. The van der Waals surface area contributed by atoms with E-state index in [1.807, 2.05) is 27.7 Å². The van der Waals surface area contributed by atoms with Crippen molar-refractivity contribution >= 4 is 11.6 Å². The second kappa shape index (κ2) is 5.34. The zero-order chi connectivity index (χ0) is 13.9. The van der Waals surface area contributed by atoms with Gasteiger partial charge in [0.05, 0.1) is 13.5 Å². The Balaban J connectivity index is 2.86. The number of ether oxygens (including phenoxy) is 1. The molecule has 0 saturated carbocycles. The van der Waals surface area contributed by atoms with Gasteiger partial charge in [0.1, 0.15) is 11.5 Å². The number of Topliss-reactive ketones (excluding diaryl/α,β-unsaturated/α-hetero) is 2. The third-order valence-corrected chi connectivity index (χ3v) is 2.87. The largest absolute Gasteiger partial charge is 0.496 e. The van der Waals surface area contributed by atoms with Crippen LogP contribution < -0.4 is 4.74 Å². The lowest BCUT2D eigenvalue weighted by Gasteiger charge is -2.16. The molecule has 0 bridgehead atoms. The lowest BCUT2D eigenvalue weighted by molar-refractivity contribution is -0.125. The first-order chi connectivity index (χ1) is 8.25. The Morgan fingerprint density at radius 2 is 1.83 bits per heavy atom. The molecule has 3 nitrogen and oxygen atoms in total. The highest BCUT2D eigenvalue weighted by molar-refractivity contribution is 6.09. The van der Waals surface area contributed by atoms with Gasteiger partial charge < -0.3 is 4.74 Å². The lowest BCUT2D eigenvalue weighted by atomic mass is 9.87. The molecule has 1 aromatic carbocycles. The summed E-state index contributed by atoms with van der Waals surface area (Å²) in [7, 11) is 1.59. The molecule has 0 aliphatic carbocycles. The van der Waals surface area contributed by atoms with Gasteiger partial charge in [0.2, 0.25) is 0 Å². The zero-order valence-corrected chi connectivity index (χ0v) is 11.7. The monoisotopic (exact) mass is 248 g/mol. The van der Waals surface area contributed by atoms with Crippen LogP contribution in [-0.2, 0) is 4.79 Å². The first kappa shape index (κ1) is 14.4. The Hall–Kier alpha value is -1.64. The number of methoxy groups -OCH3 is 1. The third-order valence-electron chi connectivity index (χ3n) is 2.87. The molecular formula is C15H20O3. The molecule has 0 aromatic heterocycles. The van der Waals surface area contributed by atoms with Crippen LogP contribution in [0.5, 0.6) is 5.75 Å². The first-order valence-corrected chi connectivity index (χ1v) is 5.97. The maximum atomic E-state index is 12.0. The lowest BCUT2D eigenvalue weighted by Crippen LogP contribution is -2.23. The van der Waals surface area contributed by atoms with E-state index in [4.69, 9.17) is 4.74 Å². The van der Waals surface area contributed by atoms with E-state index in [1.165, 1.54) is 0 Å². The number of aryl methyl sites for hydroxylation is 1. The predicted octanol–water partition coefficient (Wildman–Crippen LogP) is 3.19. The second-order valence-electron chi connectivity index (χ2n) is 5.46. The molecule has 0 radical (unpaired) electrons. The molecule has 0 saturated heterocycles. The van der Waals surface area contributed by atoms with Gasteiger partial charge in [0.15, 0.2) is 5.78 Å². The maximum Gasteiger partial charge on any atom is 0.170 e. The molecule has 0 amide bonds. The van der Waals surface area contributed by atoms with Crippen LogP contribution in [0.3, 0.4) is 0 Å². The summed E-state index contributed by atoms with van der Waals surface area (Å²) in [5, 5.41) is 0. The topological polar surface area (TPSA) is 43.4 Å². The van der Waals surface area contributed by atoms with Gasteiger partial charge in [-0.05, 0) is 30.7 Å². The Morgan fingerprint density at radius 1 is 1.22 bits per heavy atom. The van der Waals surface area contributed by atoms with Crippen molar-refractivity contribution in [3.05, 3.63) is 29.3 Å². The molecule has 0 spiro atoms. The van der Waals surface area contributed by atoms with Crippen LogP contribution in [0.4, 0.5) is 0 Å². The minimum absolute atomic E-state index is 0.0408. The average molecular weight is 248 g/mol. The van der Waals surface area contributed by atoms with E-state index in [1.54, 1.807) is 25.3 Å². The molecule has 3 heteroatoms. The van der Waals surface area contributed by atoms with E-state index >= 15 is 0 Å². The van der Waals surface area contributed by atoms with Gasteiger partial charge in [-0.25, -0.2) is 0 Å². The van der Waals surface area contributed by atoms with Gasteiger partial charge in [-0.15, -0.1) is 0 Å². The number of ketones is 2. The van der Waals surface area contributed by atoms with E-state index < -0.39 is 5.41 Å². The molecule has 98 valence electrons. The van der Waals surface area contributed by atoms with Crippen molar-refractivity contribution < 1.29 is 14.3 Å². The van der Waals surface area contributed by atoms with Crippen molar-refractivity contribution in [2.24, 2.45) is 5.41 Å². The SMILES string of the molecule is COc1ccc(C(=O)CC(=O)C(C)(C)C)cc1C. The molecule has 0 unspecified atom stereocenters. The standard InChI is InChI=1S/C15H20O3/c1-10-8-11(6-7-13(10)18-5)12(16)9-14(17)15(2,3)4/h6-8H,9H2,1-5H3. The van der Waals surface area contributed by atoms with Crippen LogP contribution in [0.15, 0.2) is 18.2 Å². The van der Waals surface area contributed by atoms with Crippen LogP contribution in [0, 0.1) is 12.3 Å². The van der Waals surface area contributed by atoms with Crippen LogP contribution in [0.1, 0.15) is 43.1 Å². The zero-order valence-electron chi connectivity index (χ0n) is 11.7. The molecule has 0 heterocycles. The van der Waals surface area contributed by atoms with E-state index in [0.29, 0.717) is 5.56 Å². The number of carbonyl (C=O) groups excluding carboxylic acids is 2. The van der Waals surface area contributed by atoms with Crippen molar-refractivity contribution in [3.63, 3.8) is 0 Å². The van der Waals surface area contributed by atoms with Gasteiger partial charge in [0, 0.05) is 11.0 Å². The summed E-state index contributed by atoms with van der Waals surface area (Å²) in [5.74, 6) is 0.565. The van der Waals surface area contributed by atoms with Crippen molar-refractivity contribution in [2.45, 2.75) is 34.1 Å². The number of benzene rings is 1. The van der Waals surface area contributed by atoms with E-state index in [-0.39, 0.29) is 18.0 Å². The molecule has 1 aromatic rings. The predicted molar refractivity (Wildman–Crippen MR) is 71.1 cm³/mol. The van der Waals surface area contributed by atoms with E-state index in [9.17, 15) is 9.59 Å². The fraction of sp³-hybridized carbons (Fsp3) is 0.467. The van der Waals surface area contributed by atoms with Gasteiger partial charge in [-0.2, -0.15) is 0 Å². The second-order valence-corrected chi connectivity index (χ2v) is 5.46. The normalized spacial score (nSPS) is 11.2. The Kier molecular flexibility index (Phi) is 4.28. The molecular weight excluding hydrogens is 228 g/mol.